The quantitative estimate of drug-likeness (QED) is 0.135. The fraction of sp³-hybridized carbons (Fsp3) is 1.00. The van der Waals surface area contributed by atoms with Gasteiger partial charge in [0.05, 0.1) is 27.7 Å². The molecule has 0 fully saturated rings. The summed E-state index contributed by atoms with van der Waals surface area (Å²) in [7, 11) is -5.14. The van der Waals surface area contributed by atoms with E-state index in [2.05, 4.69) is 28.1 Å². The highest BCUT2D eigenvalue weighted by atomic mass is 35.5. The van der Waals surface area contributed by atoms with Gasteiger partial charge in [0.15, 0.2) is 0 Å². The molecule has 0 radical (unpaired) electrons. The number of halogens is 9. The highest BCUT2D eigenvalue weighted by Gasteiger charge is 2.21. The van der Waals surface area contributed by atoms with Gasteiger partial charge < -0.3 is 39.0 Å². The summed E-state index contributed by atoms with van der Waals surface area (Å²) in [4.78, 5) is 0. The summed E-state index contributed by atoms with van der Waals surface area (Å²) in [5.74, 6) is 0. The van der Waals surface area contributed by atoms with Gasteiger partial charge in [-0.1, -0.05) is 58.3 Å². The van der Waals surface area contributed by atoms with Crippen molar-refractivity contribution < 1.29 is 39.0 Å². The van der Waals surface area contributed by atoms with E-state index in [1.807, 2.05) is 0 Å². The topological polar surface area (TPSA) is 0 Å². The molecule has 0 unspecified atom stereocenters. The van der Waals surface area contributed by atoms with E-state index in [4.69, 9.17) is 0 Å². The van der Waals surface area contributed by atoms with E-state index in [9.17, 15) is 34.5 Å². The minimum absolute atomic E-state index is 0. The van der Waals surface area contributed by atoms with E-state index in [-0.39, 0.29) is 12.4 Å². The predicted octanol–water partition coefficient (Wildman–Crippen LogP) is 7.64. The van der Waals surface area contributed by atoms with Gasteiger partial charge in [0, 0.05) is 0 Å². The van der Waals surface area contributed by atoms with Crippen LogP contribution in [-0.2, 0) is 0 Å². The Morgan fingerprint density at radius 3 is 0.963 bits per heavy atom. The van der Waals surface area contributed by atoms with E-state index in [1.165, 1.54) is 70.8 Å². The van der Waals surface area contributed by atoms with Crippen molar-refractivity contribution in [1.29, 1.82) is 0 Å². The van der Waals surface area contributed by atoms with Crippen LogP contribution >= 0.6 is 12.4 Å². The molecule has 0 aliphatic carbocycles. The fourth-order valence-electron chi connectivity index (χ4n) is 2.07. The normalized spacial score (nSPS) is 11.6. The summed E-state index contributed by atoms with van der Waals surface area (Å²) < 4.78 is 79.1. The highest BCUT2D eigenvalue weighted by molar-refractivity contribution is 6.50. The predicted molar refractivity (Wildman–Crippen MR) is 102 cm³/mol. The average molecular weight is 439 g/mol. The second kappa shape index (κ2) is 19.2. The maximum Gasteiger partial charge on any atom is 0.673 e. The molecule has 170 valence electrons. The second-order valence-corrected chi connectivity index (χ2v) is 7.19. The molecule has 0 atom stereocenters. The Balaban J connectivity index is -0.000000199. The van der Waals surface area contributed by atoms with Crippen LogP contribution in [-0.4, -0.2) is 46.7 Å². The molecule has 0 aromatic carbocycles. The largest absolute Gasteiger partial charge is 0.673 e. The zero-order chi connectivity index (χ0) is 21.3. The lowest BCUT2D eigenvalue weighted by atomic mass is 10.1. The molecular formula is C15H35B2ClF8N-. The van der Waals surface area contributed by atoms with E-state index in [1.54, 1.807) is 0 Å². The molecule has 0 aromatic rings. The smallest absolute Gasteiger partial charge is 0.418 e. The maximum absolute atomic E-state index is 9.75. The van der Waals surface area contributed by atoms with Crippen LogP contribution in [0.1, 0.15) is 71.1 Å². The molecule has 0 aliphatic rings. The van der Waals surface area contributed by atoms with Crippen molar-refractivity contribution >= 4 is 26.9 Å². The lowest BCUT2D eigenvalue weighted by Gasteiger charge is -2.23. The molecule has 1 nitrogen and oxygen atoms in total. The molecular weight excluding hydrogens is 403 g/mol. The molecule has 0 rings (SSSR count). The van der Waals surface area contributed by atoms with Gasteiger partial charge in [-0.25, -0.2) is 0 Å². The number of nitrogens with zero attached hydrogens (tertiary/aromatic N) is 1. The Morgan fingerprint density at radius 2 is 0.741 bits per heavy atom. The van der Waals surface area contributed by atoms with Gasteiger partial charge in [-0.3, -0.25) is 0 Å². The first-order valence-corrected chi connectivity index (χ1v) is 9.11. The van der Waals surface area contributed by atoms with Crippen LogP contribution in [0, 0.1) is 0 Å². The third-order valence-corrected chi connectivity index (χ3v) is 3.18. The molecule has 0 N–H and O–H groups in total. The highest BCUT2D eigenvalue weighted by Crippen LogP contribution is 2.11. The van der Waals surface area contributed by atoms with Crippen molar-refractivity contribution in [3.8, 4) is 0 Å². The van der Waals surface area contributed by atoms with Gasteiger partial charge in [0.2, 0.25) is 0 Å². The second-order valence-electron chi connectivity index (χ2n) is 7.19. The lowest BCUT2D eigenvalue weighted by molar-refractivity contribution is -0.870. The summed E-state index contributed by atoms with van der Waals surface area (Å²) in [6, 6.07) is 0. The van der Waals surface area contributed by atoms with E-state index < -0.39 is 14.5 Å². The lowest BCUT2D eigenvalue weighted by Crippen LogP contribution is -2.35. The van der Waals surface area contributed by atoms with Crippen LogP contribution in [0.4, 0.5) is 34.5 Å². The molecule has 0 saturated carbocycles. The van der Waals surface area contributed by atoms with Gasteiger partial charge in [-0.2, -0.15) is 0 Å². The number of unbranched alkanes of at least 4 members (excludes halogenated alkanes) is 9. The summed E-state index contributed by atoms with van der Waals surface area (Å²) in [6.45, 7) is 3.62. The van der Waals surface area contributed by atoms with Crippen molar-refractivity contribution in [2.24, 2.45) is 0 Å². The fourth-order valence-corrected chi connectivity index (χ4v) is 2.07. The molecule has 0 amide bonds. The van der Waals surface area contributed by atoms with Gasteiger partial charge in [0.25, 0.3) is 0 Å². The van der Waals surface area contributed by atoms with E-state index in [0.717, 1.165) is 4.48 Å². The average Bonchev–Trinajstić information content (AvgIpc) is 2.36. The number of rotatable bonds is 11. The van der Waals surface area contributed by atoms with E-state index in [0.29, 0.717) is 0 Å². The van der Waals surface area contributed by atoms with Gasteiger partial charge >= 0.3 is 14.5 Å². The zero-order valence-electron chi connectivity index (χ0n) is 16.8. The Labute approximate surface area is 165 Å². The molecule has 0 bridgehead atoms. The first kappa shape index (κ1) is 34.3. The minimum atomic E-state index is -6.00. The van der Waals surface area contributed by atoms with Gasteiger partial charge in [0.1, 0.15) is 0 Å². The molecule has 0 saturated heterocycles. The summed E-state index contributed by atoms with van der Waals surface area (Å²) in [5, 5.41) is 0. The van der Waals surface area contributed by atoms with Crippen LogP contribution in [0.15, 0.2) is 0 Å². The molecule has 12 heteroatoms. The molecule has 0 heterocycles. The number of hydrogen-bond donors (Lipinski definition) is 0. The zero-order valence-corrected chi connectivity index (χ0v) is 17.6. The van der Waals surface area contributed by atoms with Crippen molar-refractivity contribution in [3.63, 3.8) is 0 Å². The van der Waals surface area contributed by atoms with Crippen LogP contribution in [0.5, 0.6) is 0 Å². The Morgan fingerprint density at radius 1 is 0.519 bits per heavy atom. The van der Waals surface area contributed by atoms with Gasteiger partial charge in [-0.05, 0) is 12.8 Å². The first-order chi connectivity index (χ1) is 11.6. The SMILES string of the molecule is CCCCCCCCCCCC[N+](C)(C)C.Cl.F[B-](F)(F)F.F[B-](F)(F)F. The molecule has 0 spiro atoms. The van der Waals surface area contributed by atoms with Crippen LogP contribution in [0.3, 0.4) is 0 Å². The number of hydrogen-bond acceptors (Lipinski definition) is 0. The molecule has 0 aliphatic heterocycles. The number of quaternary nitrogens is 1. The van der Waals surface area contributed by atoms with Gasteiger partial charge in [-0.15, -0.1) is 12.4 Å². The van der Waals surface area contributed by atoms with Crippen LogP contribution in [0.25, 0.3) is 0 Å². The van der Waals surface area contributed by atoms with E-state index >= 15 is 0 Å². The monoisotopic (exact) mass is 438 g/mol. The minimum Gasteiger partial charge on any atom is -0.418 e. The molecule has 27 heavy (non-hydrogen) atoms. The first-order valence-electron chi connectivity index (χ1n) is 9.11. The summed E-state index contributed by atoms with van der Waals surface area (Å²) in [5.41, 5.74) is 0. The van der Waals surface area contributed by atoms with Crippen molar-refractivity contribution in [1.82, 2.24) is 0 Å². The standard InChI is InChI=1S/C15H34N.2BF4.ClH/c1-5-6-7-8-9-10-11-12-13-14-15-16(2,3)4;2*2-1(3,4)5;/h5-15H2,1-4H3;;;1H/q+1;2*-1;. The van der Waals surface area contributed by atoms with Crippen molar-refractivity contribution in [2.75, 3.05) is 27.7 Å². The van der Waals surface area contributed by atoms with Crippen molar-refractivity contribution in [2.45, 2.75) is 71.1 Å². The third kappa shape index (κ3) is 89.1. The Kier molecular flexibility index (Phi) is 24.4. The molecule has 0 aromatic heterocycles. The summed E-state index contributed by atoms with van der Waals surface area (Å²) >= 11 is 0. The third-order valence-electron chi connectivity index (χ3n) is 3.18. The summed E-state index contributed by atoms with van der Waals surface area (Å²) in [6.07, 6.45) is 14.4. The Bertz CT molecular complexity index is 273. The Hall–Kier alpha value is -0.180. The van der Waals surface area contributed by atoms with Crippen LogP contribution < -0.4 is 0 Å². The van der Waals surface area contributed by atoms with Crippen molar-refractivity contribution in [3.05, 3.63) is 0 Å². The maximum atomic E-state index is 9.75. The van der Waals surface area contributed by atoms with Crippen LogP contribution in [0.2, 0.25) is 0 Å².